The minimum Gasteiger partial charge on any atom is -0.459 e. The number of hydrogen-bond acceptors (Lipinski definition) is 5. The van der Waals surface area contributed by atoms with E-state index in [2.05, 4.69) is 0 Å². The van der Waals surface area contributed by atoms with Gasteiger partial charge in [0.25, 0.3) is 0 Å². The van der Waals surface area contributed by atoms with Crippen molar-refractivity contribution in [1.82, 2.24) is 15.2 Å². The van der Waals surface area contributed by atoms with Crippen molar-refractivity contribution < 1.29 is 14.0 Å². The van der Waals surface area contributed by atoms with Gasteiger partial charge in [-0.05, 0) is 6.07 Å². The van der Waals surface area contributed by atoms with Gasteiger partial charge in [-0.2, -0.15) is 0 Å². The summed E-state index contributed by atoms with van der Waals surface area (Å²) in [5, 5.41) is 0. The van der Waals surface area contributed by atoms with E-state index in [0.29, 0.717) is 19.6 Å². The van der Waals surface area contributed by atoms with E-state index in [4.69, 9.17) is 10.3 Å². The maximum atomic E-state index is 11.6. The SMILES string of the molecule is CN1CCN(Cc2ccoc2C(=O)NN)CC1=O. The molecule has 18 heavy (non-hydrogen) atoms. The van der Waals surface area contributed by atoms with E-state index in [0.717, 1.165) is 12.1 Å². The molecule has 1 aliphatic rings. The van der Waals surface area contributed by atoms with Gasteiger partial charge in [-0.25, -0.2) is 5.84 Å². The number of nitrogen functional groups attached to an aromatic ring is 1. The molecular formula is C11H16N4O3. The molecule has 0 aromatic carbocycles. The van der Waals surface area contributed by atoms with E-state index in [-0.39, 0.29) is 11.7 Å². The van der Waals surface area contributed by atoms with Crippen LogP contribution in [-0.4, -0.2) is 48.3 Å². The van der Waals surface area contributed by atoms with Gasteiger partial charge >= 0.3 is 5.91 Å². The fourth-order valence-corrected chi connectivity index (χ4v) is 1.91. The maximum Gasteiger partial charge on any atom is 0.301 e. The Balaban J connectivity index is 2.04. The lowest BCUT2D eigenvalue weighted by Crippen LogP contribution is -2.48. The fraction of sp³-hybridized carbons (Fsp3) is 0.455. The third-order valence-electron chi connectivity index (χ3n) is 3.01. The summed E-state index contributed by atoms with van der Waals surface area (Å²) in [6.07, 6.45) is 1.44. The highest BCUT2D eigenvalue weighted by Crippen LogP contribution is 2.14. The second kappa shape index (κ2) is 5.19. The minimum atomic E-state index is -0.463. The van der Waals surface area contributed by atoms with Crippen molar-refractivity contribution in [3.63, 3.8) is 0 Å². The van der Waals surface area contributed by atoms with Crippen LogP contribution < -0.4 is 11.3 Å². The molecule has 0 saturated carbocycles. The van der Waals surface area contributed by atoms with E-state index in [1.807, 2.05) is 10.3 Å². The molecule has 1 saturated heterocycles. The first-order chi connectivity index (χ1) is 8.61. The molecule has 0 spiro atoms. The van der Waals surface area contributed by atoms with Crippen LogP contribution in [0.5, 0.6) is 0 Å². The first-order valence-electron chi connectivity index (χ1n) is 5.65. The summed E-state index contributed by atoms with van der Waals surface area (Å²) in [7, 11) is 1.78. The highest BCUT2D eigenvalue weighted by Gasteiger charge is 2.23. The van der Waals surface area contributed by atoms with Crippen LogP contribution in [0.2, 0.25) is 0 Å². The number of furan rings is 1. The molecular weight excluding hydrogens is 236 g/mol. The first kappa shape index (κ1) is 12.6. The van der Waals surface area contributed by atoms with Crippen LogP contribution in [-0.2, 0) is 11.3 Å². The number of hydrogen-bond donors (Lipinski definition) is 2. The fourth-order valence-electron chi connectivity index (χ4n) is 1.91. The zero-order valence-electron chi connectivity index (χ0n) is 10.2. The lowest BCUT2D eigenvalue weighted by molar-refractivity contribution is -0.134. The molecule has 7 heteroatoms. The quantitative estimate of drug-likeness (QED) is 0.415. The Labute approximate surface area is 104 Å². The third-order valence-corrected chi connectivity index (χ3v) is 3.01. The van der Waals surface area contributed by atoms with Crippen molar-refractivity contribution in [2.45, 2.75) is 6.54 Å². The molecule has 0 atom stereocenters. The van der Waals surface area contributed by atoms with Crippen molar-refractivity contribution >= 4 is 11.8 Å². The molecule has 0 unspecified atom stereocenters. The number of rotatable bonds is 3. The lowest BCUT2D eigenvalue weighted by atomic mass is 10.2. The molecule has 2 rings (SSSR count). The molecule has 1 aromatic rings. The van der Waals surface area contributed by atoms with E-state index in [1.165, 1.54) is 6.26 Å². The average Bonchev–Trinajstić information content (AvgIpc) is 2.81. The van der Waals surface area contributed by atoms with Gasteiger partial charge in [0.1, 0.15) is 0 Å². The zero-order chi connectivity index (χ0) is 13.1. The summed E-state index contributed by atoms with van der Waals surface area (Å²) in [6, 6.07) is 1.72. The number of amides is 2. The van der Waals surface area contributed by atoms with Crippen molar-refractivity contribution in [3.8, 4) is 0 Å². The first-order valence-corrected chi connectivity index (χ1v) is 5.65. The van der Waals surface area contributed by atoms with E-state index < -0.39 is 5.91 Å². The van der Waals surface area contributed by atoms with E-state index in [9.17, 15) is 9.59 Å². The number of likely N-dealkylation sites (N-methyl/N-ethyl adjacent to an activating group) is 1. The summed E-state index contributed by atoms with van der Waals surface area (Å²) < 4.78 is 5.09. The number of piperazine rings is 1. The number of nitrogens with one attached hydrogen (secondary N) is 1. The Hall–Kier alpha value is -1.86. The summed E-state index contributed by atoms with van der Waals surface area (Å²) >= 11 is 0. The predicted octanol–water partition coefficient (Wildman–Crippen LogP) is -0.843. The van der Waals surface area contributed by atoms with Crippen molar-refractivity contribution in [3.05, 3.63) is 23.7 Å². The van der Waals surface area contributed by atoms with Crippen LogP contribution in [0.3, 0.4) is 0 Å². The van der Waals surface area contributed by atoms with Gasteiger partial charge in [-0.15, -0.1) is 0 Å². The molecule has 98 valence electrons. The van der Waals surface area contributed by atoms with Crippen LogP contribution in [0.25, 0.3) is 0 Å². The Morgan fingerprint density at radius 1 is 1.56 bits per heavy atom. The highest BCUT2D eigenvalue weighted by atomic mass is 16.3. The van der Waals surface area contributed by atoms with Crippen molar-refractivity contribution in [1.29, 1.82) is 0 Å². The molecule has 0 radical (unpaired) electrons. The number of nitrogens with two attached hydrogens (primary N) is 1. The second-order valence-electron chi connectivity index (χ2n) is 4.27. The molecule has 2 heterocycles. The van der Waals surface area contributed by atoms with E-state index >= 15 is 0 Å². The van der Waals surface area contributed by atoms with Crippen LogP contribution in [0, 0.1) is 0 Å². The Morgan fingerprint density at radius 2 is 2.33 bits per heavy atom. The average molecular weight is 252 g/mol. The molecule has 0 aliphatic carbocycles. The zero-order valence-corrected chi connectivity index (χ0v) is 10.2. The van der Waals surface area contributed by atoms with Crippen molar-refractivity contribution in [2.24, 2.45) is 5.84 Å². The number of hydrazine groups is 1. The molecule has 1 fully saturated rings. The van der Waals surface area contributed by atoms with Gasteiger partial charge in [0, 0.05) is 32.2 Å². The standard InChI is InChI=1S/C11H16N4O3/c1-14-3-4-15(7-9(14)16)6-8-2-5-18-10(8)11(17)13-12/h2,5H,3-4,6-7,12H2,1H3,(H,13,17). The van der Waals surface area contributed by atoms with Crippen LogP contribution in [0.1, 0.15) is 16.1 Å². The van der Waals surface area contributed by atoms with Gasteiger partial charge < -0.3 is 9.32 Å². The Bertz CT molecular complexity index is 457. The molecule has 1 aliphatic heterocycles. The normalized spacial score (nSPS) is 17.0. The monoisotopic (exact) mass is 252 g/mol. The van der Waals surface area contributed by atoms with Gasteiger partial charge in [-0.3, -0.25) is 19.9 Å². The topological polar surface area (TPSA) is 91.8 Å². The largest absolute Gasteiger partial charge is 0.459 e. The summed E-state index contributed by atoms with van der Waals surface area (Å²) in [6.45, 7) is 2.32. The second-order valence-corrected chi connectivity index (χ2v) is 4.27. The summed E-state index contributed by atoms with van der Waals surface area (Å²) in [4.78, 5) is 26.7. The number of carbonyl (C=O) groups excluding carboxylic acids is 2. The van der Waals surface area contributed by atoms with Gasteiger partial charge in [0.15, 0.2) is 5.76 Å². The number of carbonyl (C=O) groups is 2. The predicted molar refractivity (Wildman–Crippen MR) is 63.3 cm³/mol. The Kier molecular flexibility index (Phi) is 3.63. The molecule has 0 bridgehead atoms. The van der Waals surface area contributed by atoms with Crippen LogP contribution >= 0.6 is 0 Å². The molecule has 3 N–H and O–H groups in total. The van der Waals surface area contributed by atoms with Gasteiger partial charge in [-0.1, -0.05) is 0 Å². The third kappa shape index (κ3) is 2.52. The number of nitrogens with zero attached hydrogens (tertiary/aromatic N) is 2. The Morgan fingerprint density at radius 3 is 3.00 bits per heavy atom. The lowest BCUT2D eigenvalue weighted by Gasteiger charge is -2.31. The molecule has 2 amide bonds. The maximum absolute atomic E-state index is 11.6. The van der Waals surface area contributed by atoms with E-state index in [1.54, 1.807) is 18.0 Å². The van der Waals surface area contributed by atoms with Gasteiger partial charge in [0.2, 0.25) is 5.91 Å². The molecule has 1 aromatic heterocycles. The van der Waals surface area contributed by atoms with Crippen LogP contribution in [0.15, 0.2) is 16.7 Å². The highest BCUT2D eigenvalue weighted by molar-refractivity contribution is 5.92. The smallest absolute Gasteiger partial charge is 0.301 e. The van der Waals surface area contributed by atoms with Crippen molar-refractivity contribution in [2.75, 3.05) is 26.7 Å². The molecule has 7 nitrogen and oxygen atoms in total. The summed E-state index contributed by atoms with van der Waals surface area (Å²) in [5.74, 6) is 4.89. The van der Waals surface area contributed by atoms with Crippen LogP contribution in [0.4, 0.5) is 0 Å². The summed E-state index contributed by atoms with van der Waals surface area (Å²) in [5.41, 5.74) is 2.77. The van der Waals surface area contributed by atoms with Gasteiger partial charge in [0.05, 0.1) is 12.8 Å². The minimum absolute atomic E-state index is 0.0783.